The molecule has 2 N–H and O–H groups in total. The Morgan fingerprint density at radius 3 is 2.45 bits per heavy atom. The molecular weight excluding hydrogens is 357 g/mol. The highest BCUT2D eigenvalue weighted by Crippen LogP contribution is 2.35. The van der Waals surface area contributed by atoms with Crippen molar-refractivity contribution in [2.45, 2.75) is 19.1 Å². The Labute approximate surface area is 128 Å². The van der Waals surface area contributed by atoms with Crippen LogP contribution in [0.4, 0.5) is 13.2 Å². The highest BCUT2D eigenvalue weighted by Gasteiger charge is 2.34. The molecule has 0 aromatic heterocycles. The summed E-state index contributed by atoms with van der Waals surface area (Å²) in [5.74, 6) is -0.580. The summed E-state index contributed by atoms with van der Waals surface area (Å²) in [5.41, 5.74) is 4.45. The molecule has 1 unspecified atom stereocenters. The maximum Gasteiger partial charge on any atom is 0.417 e. The van der Waals surface area contributed by atoms with E-state index in [1.807, 2.05) is 0 Å². The molecule has 20 heavy (non-hydrogen) atoms. The van der Waals surface area contributed by atoms with E-state index in [0.29, 0.717) is 0 Å². The van der Waals surface area contributed by atoms with Crippen LogP contribution in [0.25, 0.3) is 0 Å². The van der Waals surface area contributed by atoms with Crippen LogP contribution in [-0.4, -0.2) is 28.9 Å². The molecule has 1 rings (SSSR count). The number of nitrogens with zero attached hydrogens (tertiary/aromatic N) is 1. The molecular formula is C12H12BrF3N2OS. The highest BCUT2D eigenvalue weighted by atomic mass is 79.9. The van der Waals surface area contributed by atoms with Crippen LogP contribution >= 0.6 is 28.1 Å². The number of alkyl halides is 3. The average molecular weight is 369 g/mol. The van der Waals surface area contributed by atoms with E-state index in [0.717, 1.165) is 6.07 Å². The van der Waals surface area contributed by atoms with Gasteiger partial charge in [-0.15, -0.1) is 0 Å². The number of carbonyl (C=O) groups excluding carboxylic acids is 1. The normalized spacial score (nSPS) is 12.9. The summed E-state index contributed by atoms with van der Waals surface area (Å²) >= 11 is 7.58. The molecule has 110 valence electrons. The lowest BCUT2D eigenvalue weighted by molar-refractivity contribution is -0.138. The predicted octanol–water partition coefficient (Wildman–Crippen LogP) is 3.21. The van der Waals surface area contributed by atoms with Gasteiger partial charge in [0, 0.05) is 17.1 Å². The Morgan fingerprint density at radius 1 is 1.45 bits per heavy atom. The Hall–Kier alpha value is -1.15. The number of hydrogen-bond donors (Lipinski definition) is 1. The zero-order valence-corrected chi connectivity index (χ0v) is 13.1. The van der Waals surface area contributed by atoms with Gasteiger partial charge in [0.25, 0.3) is 5.91 Å². The molecule has 0 spiro atoms. The lowest BCUT2D eigenvalue weighted by Gasteiger charge is -2.24. The first-order valence-electron chi connectivity index (χ1n) is 5.49. The summed E-state index contributed by atoms with van der Waals surface area (Å²) in [6.07, 6.45) is -4.54. The van der Waals surface area contributed by atoms with Gasteiger partial charge < -0.3 is 10.6 Å². The molecule has 0 fully saturated rings. The van der Waals surface area contributed by atoms with E-state index in [1.54, 1.807) is 6.92 Å². The van der Waals surface area contributed by atoms with Gasteiger partial charge in [0.05, 0.1) is 16.6 Å². The summed E-state index contributed by atoms with van der Waals surface area (Å²) in [7, 11) is 1.43. The van der Waals surface area contributed by atoms with Crippen molar-refractivity contribution in [3.8, 4) is 0 Å². The first-order chi connectivity index (χ1) is 9.05. The van der Waals surface area contributed by atoms with Gasteiger partial charge in [-0.2, -0.15) is 13.2 Å². The summed E-state index contributed by atoms with van der Waals surface area (Å²) < 4.78 is 38.2. The van der Waals surface area contributed by atoms with E-state index >= 15 is 0 Å². The maximum absolute atomic E-state index is 12.8. The van der Waals surface area contributed by atoms with Gasteiger partial charge in [-0.1, -0.05) is 28.1 Å². The molecule has 0 aliphatic carbocycles. The molecule has 0 saturated heterocycles. The molecule has 0 heterocycles. The van der Waals surface area contributed by atoms with Crippen LogP contribution in [0, 0.1) is 0 Å². The van der Waals surface area contributed by atoms with Crippen molar-refractivity contribution in [1.29, 1.82) is 0 Å². The number of rotatable bonds is 3. The SMILES string of the molecule is CC(C(N)=S)N(C)C(=O)c1ccc(Br)c(C(F)(F)F)c1. The van der Waals surface area contributed by atoms with E-state index in [1.165, 1.54) is 24.1 Å². The summed E-state index contributed by atoms with van der Waals surface area (Å²) in [4.78, 5) is 13.4. The molecule has 0 aliphatic rings. The van der Waals surface area contributed by atoms with Gasteiger partial charge in [-0.25, -0.2) is 0 Å². The third-order valence-corrected chi connectivity index (χ3v) is 3.86. The van der Waals surface area contributed by atoms with Gasteiger partial charge in [-0.05, 0) is 25.1 Å². The lowest BCUT2D eigenvalue weighted by atomic mass is 10.1. The largest absolute Gasteiger partial charge is 0.417 e. The van der Waals surface area contributed by atoms with Gasteiger partial charge >= 0.3 is 6.18 Å². The molecule has 0 bridgehead atoms. The number of likely N-dealkylation sites (N-methyl/N-ethyl adjacent to an activating group) is 1. The summed E-state index contributed by atoms with van der Waals surface area (Å²) in [6.45, 7) is 1.60. The van der Waals surface area contributed by atoms with Crippen LogP contribution in [0.15, 0.2) is 22.7 Å². The second-order valence-electron chi connectivity index (χ2n) is 4.19. The van der Waals surface area contributed by atoms with E-state index < -0.39 is 23.7 Å². The summed E-state index contributed by atoms with van der Waals surface area (Å²) in [6, 6.07) is 2.75. The number of nitrogens with two attached hydrogens (primary N) is 1. The molecule has 1 aromatic rings. The smallest absolute Gasteiger partial charge is 0.392 e. The Kier molecular flexibility index (Phi) is 5.15. The Balaban J connectivity index is 3.15. The lowest BCUT2D eigenvalue weighted by Crippen LogP contribution is -2.42. The fourth-order valence-electron chi connectivity index (χ4n) is 1.45. The van der Waals surface area contributed by atoms with E-state index in [4.69, 9.17) is 18.0 Å². The molecule has 1 amide bonds. The van der Waals surface area contributed by atoms with E-state index in [9.17, 15) is 18.0 Å². The third kappa shape index (κ3) is 3.69. The van der Waals surface area contributed by atoms with Crippen LogP contribution in [0.5, 0.6) is 0 Å². The van der Waals surface area contributed by atoms with Crippen LogP contribution in [-0.2, 0) is 6.18 Å². The summed E-state index contributed by atoms with van der Waals surface area (Å²) in [5, 5.41) is 0. The zero-order valence-electron chi connectivity index (χ0n) is 10.7. The number of benzene rings is 1. The van der Waals surface area contributed by atoms with Crippen molar-refractivity contribution >= 4 is 39.0 Å². The second kappa shape index (κ2) is 6.09. The Bertz CT molecular complexity index is 548. The minimum Gasteiger partial charge on any atom is -0.392 e. The number of thiocarbonyl (C=S) groups is 1. The molecule has 3 nitrogen and oxygen atoms in total. The molecule has 0 saturated carbocycles. The van der Waals surface area contributed by atoms with Crippen molar-refractivity contribution in [3.63, 3.8) is 0 Å². The number of carbonyl (C=O) groups is 1. The molecule has 0 radical (unpaired) electrons. The Morgan fingerprint density at radius 2 is 2.00 bits per heavy atom. The van der Waals surface area contributed by atoms with Crippen LogP contribution in [0.3, 0.4) is 0 Å². The van der Waals surface area contributed by atoms with E-state index in [-0.39, 0.29) is 15.0 Å². The molecule has 1 aromatic carbocycles. The van der Waals surface area contributed by atoms with Crippen molar-refractivity contribution in [3.05, 3.63) is 33.8 Å². The first-order valence-corrected chi connectivity index (χ1v) is 6.69. The van der Waals surface area contributed by atoms with Crippen molar-refractivity contribution in [1.82, 2.24) is 4.90 Å². The third-order valence-electron chi connectivity index (χ3n) is 2.83. The average Bonchev–Trinajstić information content (AvgIpc) is 2.35. The molecule has 8 heteroatoms. The predicted molar refractivity (Wildman–Crippen MR) is 77.5 cm³/mol. The van der Waals surface area contributed by atoms with Crippen molar-refractivity contribution in [2.24, 2.45) is 5.73 Å². The van der Waals surface area contributed by atoms with Gasteiger partial charge in [0.2, 0.25) is 0 Å². The number of halogens is 4. The van der Waals surface area contributed by atoms with Crippen LogP contribution < -0.4 is 5.73 Å². The monoisotopic (exact) mass is 368 g/mol. The van der Waals surface area contributed by atoms with Gasteiger partial charge in [0.15, 0.2) is 0 Å². The van der Waals surface area contributed by atoms with Crippen molar-refractivity contribution < 1.29 is 18.0 Å². The van der Waals surface area contributed by atoms with Crippen LogP contribution in [0.1, 0.15) is 22.8 Å². The van der Waals surface area contributed by atoms with Crippen molar-refractivity contribution in [2.75, 3.05) is 7.05 Å². The zero-order chi connectivity index (χ0) is 15.7. The number of hydrogen-bond acceptors (Lipinski definition) is 2. The minimum atomic E-state index is -4.54. The van der Waals surface area contributed by atoms with Crippen LogP contribution in [0.2, 0.25) is 0 Å². The maximum atomic E-state index is 12.8. The fourth-order valence-corrected chi connectivity index (χ4v) is 2.08. The quantitative estimate of drug-likeness (QED) is 0.833. The fraction of sp³-hybridized carbons (Fsp3) is 0.333. The molecule has 1 atom stereocenters. The van der Waals surface area contributed by atoms with Gasteiger partial charge in [0.1, 0.15) is 0 Å². The topological polar surface area (TPSA) is 46.3 Å². The standard InChI is InChI=1S/C12H12BrF3N2OS/c1-6(10(17)20)18(2)11(19)7-3-4-9(13)8(5-7)12(14,15)16/h3-6H,1-2H3,(H2,17,20). The second-order valence-corrected chi connectivity index (χ2v) is 5.51. The number of amides is 1. The minimum absolute atomic E-state index is 0.0777. The highest BCUT2D eigenvalue weighted by molar-refractivity contribution is 9.10. The molecule has 0 aliphatic heterocycles. The van der Waals surface area contributed by atoms with Gasteiger partial charge in [-0.3, -0.25) is 4.79 Å². The van der Waals surface area contributed by atoms with E-state index in [2.05, 4.69) is 15.9 Å². The first kappa shape index (κ1) is 16.9.